The molecule has 0 N–H and O–H groups in total. The lowest BCUT2D eigenvalue weighted by Crippen LogP contribution is -2.48. The third-order valence-corrected chi connectivity index (χ3v) is 4.54. The molecule has 0 atom stereocenters. The number of halogens is 2. The van der Waals surface area contributed by atoms with Gasteiger partial charge in [-0.25, -0.2) is 4.79 Å². The number of rotatable bonds is 5. The molecule has 1 aliphatic heterocycles. The summed E-state index contributed by atoms with van der Waals surface area (Å²) < 4.78 is 31.2. The van der Waals surface area contributed by atoms with E-state index in [2.05, 4.69) is 4.74 Å². The van der Waals surface area contributed by atoms with Crippen LogP contribution in [0.2, 0.25) is 0 Å². The zero-order valence-electron chi connectivity index (χ0n) is 11.7. The van der Waals surface area contributed by atoms with Crippen LogP contribution in [0.3, 0.4) is 0 Å². The molecule has 1 aromatic rings. The van der Waals surface area contributed by atoms with Gasteiger partial charge in [-0.2, -0.15) is 8.78 Å². The van der Waals surface area contributed by atoms with E-state index >= 15 is 0 Å². The molecule has 0 saturated carbocycles. The smallest absolute Gasteiger partial charge is 0.348 e. The van der Waals surface area contributed by atoms with Gasteiger partial charge in [-0.3, -0.25) is 4.79 Å². The monoisotopic (exact) mass is 317 g/mol. The summed E-state index contributed by atoms with van der Waals surface area (Å²) in [5.41, 5.74) is 0. The van der Waals surface area contributed by atoms with Gasteiger partial charge in [0, 0.05) is 24.4 Å². The first kappa shape index (κ1) is 15.9. The zero-order valence-corrected chi connectivity index (χ0v) is 12.5. The Morgan fingerprint density at radius 2 is 2.24 bits per heavy atom. The lowest BCUT2D eigenvalue weighted by atomic mass is 10.1. The normalized spacial score (nSPS) is 17.9. The maximum absolute atomic E-state index is 13.3. The largest absolute Gasteiger partial charge is 0.465 e. The molecular formula is C14H17F2NO3S. The van der Waals surface area contributed by atoms with Gasteiger partial charge in [0.25, 0.3) is 5.91 Å². The fraction of sp³-hybridized carbons (Fsp3) is 0.571. The van der Waals surface area contributed by atoms with E-state index in [4.69, 9.17) is 0 Å². The molecule has 1 amide bonds. The Hall–Kier alpha value is -1.50. The van der Waals surface area contributed by atoms with Crippen LogP contribution in [0.5, 0.6) is 0 Å². The second kappa shape index (κ2) is 6.51. The molecule has 1 fully saturated rings. The Bertz CT molecular complexity index is 530. The van der Waals surface area contributed by atoms with Crippen LogP contribution in [0.15, 0.2) is 12.1 Å². The van der Waals surface area contributed by atoms with Crippen molar-refractivity contribution in [1.82, 2.24) is 4.90 Å². The number of nitrogens with zero attached hydrogens (tertiary/aromatic N) is 1. The summed E-state index contributed by atoms with van der Waals surface area (Å²) in [5, 5.41) is 0. The molecule has 0 bridgehead atoms. The number of thiophene rings is 1. The van der Waals surface area contributed by atoms with Gasteiger partial charge in [0.2, 0.25) is 0 Å². The second-order valence-electron chi connectivity index (χ2n) is 4.96. The standard InChI is InChI=1S/C14H17F2NO3S/c1-20-12(18)11-6-5-10(21-11)4-2-8-17-9-3-7-14(15,16)13(17)19/h5-6H,2-4,7-9H2,1H3. The third kappa shape index (κ3) is 3.78. The molecule has 116 valence electrons. The van der Waals surface area contributed by atoms with Crippen molar-refractivity contribution < 1.29 is 23.1 Å². The fourth-order valence-corrected chi connectivity index (χ4v) is 3.28. The molecule has 0 aromatic carbocycles. The summed E-state index contributed by atoms with van der Waals surface area (Å²) in [7, 11) is 1.32. The molecule has 4 nitrogen and oxygen atoms in total. The first-order valence-corrected chi connectivity index (χ1v) is 7.60. The SMILES string of the molecule is COC(=O)c1ccc(CCCN2CCCC(F)(F)C2=O)s1. The molecule has 21 heavy (non-hydrogen) atoms. The number of piperidine rings is 1. The van der Waals surface area contributed by atoms with E-state index in [0.29, 0.717) is 37.2 Å². The quantitative estimate of drug-likeness (QED) is 0.785. The van der Waals surface area contributed by atoms with Crippen molar-refractivity contribution in [3.05, 3.63) is 21.9 Å². The van der Waals surface area contributed by atoms with Crippen LogP contribution in [0.25, 0.3) is 0 Å². The van der Waals surface area contributed by atoms with Crippen molar-refractivity contribution in [2.75, 3.05) is 20.2 Å². The van der Waals surface area contributed by atoms with Crippen molar-refractivity contribution >= 4 is 23.2 Å². The number of carbonyl (C=O) groups excluding carboxylic acids is 2. The number of alkyl halides is 2. The zero-order chi connectivity index (χ0) is 15.5. The topological polar surface area (TPSA) is 46.6 Å². The summed E-state index contributed by atoms with van der Waals surface area (Å²) in [4.78, 5) is 25.6. The van der Waals surface area contributed by atoms with Gasteiger partial charge < -0.3 is 9.64 Å². The molecule has 2 heterocycles. The maximum Gasteiger partial charge on any atom is 0.348 e. The Labute approximate surface area is 125 Å². The average molecular weight is 317 g/mol. The lowest BCUT2D eigenvalue weighted by Gasteiger charge is -2.31. The van der Waals surface area contributed by atoms with Crippen LogP contribution < -0.4 is 0 Å². The Morgan fingerprint density at radius 1 is 1.48 bits per heavy atom. The van der Waals surface area contributed by atoms with Gasteiger partial charge in [-0.1, -0.05) is 0 Å². The number of hydrogen-bond acceptors (Lipinski definition) is 4. The van der Waals surface area contributed by atoms with Gasteiger partial charge in [0.1, 0.15) is 4.88 Å². The van der Waals surface area contributed by atoms with Crippen LogP contribution >= 0.6 is 11.3 Å². The highest BCUT2D eigenvalue weighted by molar-refractivity contribution is 7.13. The van der Waals surface area contributed by atoms with Gasteiger partial charge in [0.15, 0.2) is 0 Å². The van der Waals surface area contributed by atoms with E-state index in [-0.39, 0.29) is 12.4 Å². The van der Waals surface area contributed by atoms with Crippen LogP contribution in [0, 0.1) is 0 Å². The highest BCUT2D eigenvalue weighted by Crippen LogP contribution is 2.28. The molecule has 1 saturated heterocycles. The van der Waals surface area contributed by atoms with Crippen molar-refractivity contribution in [1.29, 1.82) is 0 Å². The third-order valence-electron chi connectivity index (χ3n) is 3.42. The number of amides is 1. The highest BCUT2D eigenvalue weighted by atomic mass is 32.1. The molecule has 0 aliphatic carbocycles. The average Bonchev–Trinajstić information content (AvgIpc) is 2.91. The summed E-state index contributed by atoms with van der Waals surface area (Å²) in [5.74, 6) is -4.65. The number of methoxy groups -OCH3 is 1. The predicted molar refractivity (Wildman–Crippen MR) is 74.7 cm³/mol. The van der Waals surface area contributed by atoms with Crippen LogP contribution in [-0.2, 0) is 16.0 Å². The molecule has 0 radical (unpaired) electrons. The minimum atomic E-state index is -3.21. The molecule has 0 unspecified atom stereocenters. The van der Waals surface area contributed by atoms with Gasteiger partial charge >= 0.3 is 11.9 Å². The lowest BCUT2D eigenvalue weighted by molar-refractivity contribution is -0.164. The number of carbonyl (C=O) groups is 2. The predicted octanol–water partition coefficient (Wildman–Crippen LogP) is 2.73. The highest BCUT2D eigenvalue weighted by Gasteiger charge is 2.44. The van der Waals surface area contributed by atoms with Crippen LogP contribution in [-0.4, -0.2) is 42.9 Å². The second-order valence-corrected chi connectivity index (χ2v) is 6.13. The maximum atomic E-state index is 13.3. The van der Waals surface area contributed by atoms with Crippen LogP contribution in [0.4, 0.5) is 8.78 Å². The first-order valence-electron chi connectivity index (χ1n) is 6.78. The minimum Gasteiger partial charge on any atom is -0.465 e. The molecular weight excluding hydrogens is 300 g/mol. The Balaban J connectivity index is 1.83. The summed E-state index contributed by atoms with van der Waals surface area (Å²) in [6.07, 6.45) is 1.24. The number of esters is 1. The summed E-state index contributed by atoms with van der Waals surface area (Å²) >= 11 is 1.33. The van der Waals surface area contributed by atoms with E-state index in [1.54, 1.807) is 6.07 Å². The van der Waals surface area contributed by atoms with E-state index in [9.17, 15) is 18.4 Å². The number of likely N-dealkylation sites (tertiary alicyclic amines) is 1. The first-order chi connectivity index (χ1) is 9.94. The van der Waals surface area contributed by atoms with E-state index in [1.165, 1.54) is 23.3 Å². The molecule has 7 heteroatoms. The number of ether oxygens (including phenoxy) is 1. The summed E-state index contributed by atoms with van der Waals surface area (Å²) in [6.45, 7) is 0.714. The van der Waals surface area contributed by atoms with E-state index in [1.807, 2.05) is 6.07 Å². The van der Waals surface area contributed by atoms with Crippen molar-refractivity contribution in [2.45, 2.75) is 31.6 Å². The number of aryl methyl sites for hydroxylation is 1. The number of hydrogen-bond donors (Lipinski definition) is 0. The molecule has 1 aliphatic rings. The van der Waals surface area contributed by atoms with Crippen molar-refractivity contribution in [3.8, 4) is 0 Å². The minimum absolute atomic E-state index is 0.319. The Morgan fingerprint density at radius 3 is 2.95 bits per heavy atom. The van der Waals surface area contributed by atoms with E-state index in [0.717, 1.165) is 4.88 Å². The Kier molecular flexibility index (Phi) is 4.92. The van der Waals surface area contributed by atoms with Gasteiger partial charge in [-0.15, -0.1) is 11.3 Å². The van der Waals surface area contributed by atoms with Crippen LogP contribution in [0.1, 0.15) is 33.8 Å². The fourth-order valence-electron chi connectivity index (χ4n) is 2.31. The van der Waals surface area contributed by atoms with Crippen molar-refractivity contribution in [3.63, 3.8) is 0 Å². The van der Waals surface area contributed by atoms with E-state index < -0.39 is 11.8 Å². The molecule has 1 aromatic heterocycles. The van der Waals surface area contributed by atoms with Gasteiger partial charge in [-0.05, 0) is 31.4 Å². The van der Waals surface area contributed by atoms with Gasteiger partial charge in [0.05, 0.1) is 7.11 Å². The molecule has 2 rings (SSSR count). The molecule has 0 spiro atoms. The van der Waals surface area contributed by atoms with Crippen molar-refractivity contribution in [2.24, 2.45) is 0 Å². The summed E-state index contributed by atoms with van der Waals surface area (Å²) in [6, 6.07) is 3.51.